The van der Waals surface area contributed by atoms with Crippen molar-refractivity contribution in [3.05, 3.63) is 62.5 Å². The standard InChI is InChI=1S/C21H18Cl2N2O4S/c1-4-29-20(27)12-5-7-15(8-6-12)24-21-25(2)19(26)17(30-21)10-13-9-14(22)11-16(23)18(13)28-3/h5-11H,4H2,1-3H3/b17-10-,24-21?. The van der Waals surface area contributed by atoms with Crippen LogP contribution in [0.2, 0.25) is 10.0 Å². The summed E-state index contributed by atoms with van der Waals surface area (Å²) in [5, 5.41) is 1.30. The second kappa shape index (κ2) is 9.55. The number of amidine groups is 1. The summed E-state index contributed by atoms with van der Waals surface area (Å²) in [5.41, 5.74) is 1.64. The van der Waals surface area contributed by atoms with Gasteiger partial charge >= 0.3 is 5.97 Å². The van der Waals surface area contributed by atoms with Crippen molar-refractivity contribution in [1.82, 2.24) is 4.90 Å². The topological polar surface area (TPSA) is 68.2 Å². The van der Waals surface area contributed by atoms with E-state index in [4.69, 9.17) is 32.7 Å². The highest BCUT2D eigenvalue weighted by Gasteiger charge is 2.30. The Morgan fingerprint density at radius 2 is 1.93 bits per heavy atom. The van der Waals surface area contributed by atoms with Crippen LogP contribution in [0.1, 0.15) is 22.8 Å². The summed E-state index contributed by atoms with van der Waals surface area (Å²) in [6, 6.07) is 9.91. The van der Waals surface area contributed by atoms with Gasteiger partial charge in [0, 0.05) is 17.6 Å². The van der Waals surface area contributed by atoms with Crippen LogP contribution in [0.15, 0.2) is 46.3 Å². The van der Waals surface area contributed by atoms with Crippen LogP contribution >= 0.6 is 35.0 Å². The molecule has 0 aromatic heterocycles. The summed E-state index contributed by atoms with van der Waals surface area (Å²) < 4.78 is 10.3. The fourth-order valence-corrected chi connectivity index (χ4v) is 4.26. The van der Waals surface area contributed by atoms with E-state index in [9.17, 15) is 9.59 Å². The summed E-state index contributed by atoms with van der Waals surface area (Å²) in [6.45, 7) is 2.06. The van der Waals surface area contributed by atoms with Crippen LogP contribution in [-0.2, 0) is 9.53 Å². The number of carbonyl (C=O) groups excluding carboxylic acids is 2. The smallest absolute Gasteiger partial charge is 0.338 e. The molecule has 0 saturated carbocycles. The van der Waals surface area contributed by atoms with Gasteiger partial charge in [-0.3, -0.25) is 9.69 Å². The molecule has 0 unspecified atom stereocenters. The minimum Gasteiger partial charge on any atom is -0.495 e. The fourth-order valence-electron chi connectivity index (χ4n) is 2.69. The number of hydrogen-bond acceptors (Lipinski definition) is 6. The van der Waals surface area contributed by atoms with Crippen molar-refractivity contribution in [1.29, 1.82) is 0 Å². The van der Waals surface area contributed by atoms with Crippen molar-refractivity contribution in [3.63, 3.8) is 0 Å². The third kappa shape index (κ3) is 4.80. The molecule has 2 aromatic rings. The predicted molar refractivity (Wildman–Crippen MR) is 121 cm³/mol. The van der Waals surface area contributed by atoms with Crippen molar-refractivity contribution in [2.75, 3.05) is 20.8 Å². The number of likely N-dealkylation sites (N-methyl/N-ethyl adjacent to an activating group) is 1. The molecule has 1 amide bonds. The van der Waals surface area contributed by atoms with Crippen LogP contribution in [-0.4, -0.2) is 42.7 Å². The number of benzene rings is 2. The van der Waals surface area contributed by atoms with Crippen molar-refractivity contribution < 1.29 is 19.1 Å². The Kier molecular flexibility index (Phi) is 7.07. The number of methoxy groups -OCH3 is 1. The number of nitrogens with zero attached hydrogens (tertiary/aromatic N) is 2. The van der Waals surface area contributed by atoms with Gasteiger partial charge in [0.05, 0.1) is 34.9 Å². The molecule has 1 fully saturated rings. The molecule has 156 valence electrons. The first-order chi connectivity index (χ1) is 14.3. The minimum absolute atomic E-state index is 0.208. The molecule has 0 atom stereocenters. The minimum atomic E-state index is -0.390. The molecule has 3 rings (SSSR count). The first-order valence-corrected chi connectivity index (χ1v) is 10.5. The van der Waals surface area contributed by atoms with Crippen molar-refractivity contribution in [2.24, 2.45) is 4.99 Å². The highest BCUT2D eigenvalue weighted by Crippen LogP contribution is 2.38. The number of esters is 1. The van der Waals surface area contributed by atoms with Crippen LogP contribution in [0, 0.1) is 0 Å². The number of halogens is 2. The lowest BCUT2D eigenvalue weighted by atomic mass is 10.2. The highest BCUT2D eigenvalue weighted by molar-refractivity contribution is 8.18. The molecule has 1 aliphatic heterocycles. The lowest BCUT2D eigenvalue weighted by molar-refractivity contribution is -0.121. The lowest BCUT2D eigenvalue weighted by Crippen LogP contribution is -2.23. The van der Waals surface area contributed by atoms with E-state index in [1.54, 1.807) is 56.4 Å². The first-order valence-electron chi connectivity index (χ1n) is 8.90. The quantitative estimate of drug-likeness (QED) is 0.436. The molecular formula is C21H18Cl2N2O4S. The summed E-state index contributed by atoms with van der Waals surface area (Å²) in [5.74, 6) is -0.164. The number of amides is 1. The van der Waals surface area contributed by atoms with E-state index < -0.39 is 5.97 Å². The molecule has 0 bridgehead atoms. The summed E-state index contributed by atoms with van der Waals surface area (Å²) in [7, 11) is 3.14. The van der Waals surface area contributed by atoms with E-state index in [2.05, 4.69) is 4.99 Å². The van der Waals surface area contributed by atoms with Gasteiger partial charge in [-0.25, -0.2) is 9.79 Å². The van der Waals surface area contributed by atoms with Crippen molar-refractivity contribution in [3.8, 4) is 5.75 Å². The third-order valence-corrected chi connectivity index (χ3v) is 5.69. The zero-order chi connectivity index (χ0) is 21.8. The number of thioether (sulfide) groups is 1. The maximum Gasteiger partial charge on any atom is 0.338 e. The average Bonchev–Trinajstić information content (AvgIpc) is 2.96. The molecule has 1 saturated heterocycles. The zero-order valence-corrected chi connectivity index (χ0v) is 18.8. The Hall–Kier alpha value is -2.48. The maximum absolute atomic E-state index is 12.7. The van der Waals surface area contributed by atoms with Gasteiger partial charge in [-0.15, -0.1) is 0 Å². The number of hydrogen-bond donors (Lipinski definition) is 0. The van der Waals surface area contributed by atoms with Gasteiger partial charge in [0.15, 0.2) is 5.17 Å². The molecule has 0 radical (unpaired) electrons. The number of carbonyl (C=O) groups is 2. The summed E-state index contributed by atoms with van der Waals surface area (Å²) in [4.78, 5) is 30.9. The van der Waals surface area contributed by atoms with Gasteiger partial charge < -0.3 is 9.47 Å². The Labute approximate surface area is 188 Å². The van der Waals surface area contributed by atoms with E-state index in [1.165, 1.54) is 23.8 Å². The first kappa shape index (κ1) is 22.2. The average molecular weight is 465 g/mol. The molecule has 1 heterocycles. The van der Waals surface area contributed by atoms with Gasteiger partial charge in [-0.1, -0.05) is 23.2 Å². The van der Waals surface area contributed by atoms with E-state index in [1.807, 2.05) is 0 Å². The molecule has 2 aromatic carbocycles. The number of rotatable bonds is 5. The van der Waals surface area contributed by atoms with Crippen LogP contribution in [0.4, 0.5) is 5.69 Å². The molecule has 9 heteroatoms. The van der Waals surface area contributed by atoms with Gasteiger partial charge in [-0.05, 0) is 61.2 Å². The molecule has 0 N–H and O–H groups in total. The highest BCUT2D eigenvalue weighted by atomic mass is 35.5. The van der Waals surface area contributed by atoms with Gasteiger partial charge in [0.1, 0.15) is 5.75 Å². The fraction of sp³-hybridized carbons (Fsp3) is 0.190. The normalized spacial score (nSPS) is 16.4. The van der Waals surface area contributed by atoms with Gasteiger partial charge in [-0.2, -0.15) is 0 Å². The summed E-state index contributed by atoms with van der Waals surface area (Å²) >= 11 is 13.5. The molecular weight excluding hydrogens is 447 g/mol. The second-order valence-corrected chi connectivity index (χ2v) is 8.00. The van der Waals surface area contributed by atoms with Crippen LogP contribution < -0.4 is 4.74 Å². The molecule has 6 nitrogen and oxygen atoms in total. The lowest BCUT2D eigenvalue weighted by Gasteiger charge is -2.08. The van der Waals surface area contributed by atoms with Crippen molar-refractivity contribution in [2.45, 2.75) is 6.92 Å². The largest absolute Gasteiger partial charge is 0.495 e. The molecule has 0 aliphatic carbocycles. The Balaban J connectivity index is 1.88. The molecule has 1 aliphatic rings. The molecule has 30 heavy (non-hydrogen) atoms. The maximum atomic E-state index is 12.7. The van der Waals surface area contributed by atoms with E-state index in [-0.39, 0.29) is 5.91 Å². The second-order valence-electron chi connectivity index (χ2n) is 6.15. The van der Waals surface area contributed by atoms with E-state index in [0.29, 0.717) is 49.3 Å². The van der Waals surface area contributed by atoms with Gasteiger partial charge in [0.2, 0.25) is 0 Å². The summed E-state index contributed by atoms with van der Waals surface area (Å²) in [6.07, 6.45) is 1.67. The monoisotopic (exact) mass is 464 g/mol. The SMILES string of the molecule is CCOC(=O)c1ccc(N=C2S/C(=C\c3cc(Cl)cc(Cl)c3OC)C(=O)N2C)cc1. The van der Waals surface area contributed by atoms with Crippen molar-refractivity contribution >= 4 is 63.8 Å². The van der Waals surface area contributed by atoms with E-state index >= 15 is 0 Å². The van der Waals surface area contributed by atoms with Gasteiger partial charge in [0.25, 0.3) is 5.91 Å². The number of aliphatic imine (C=N–C) groups is 1. The molecule has 0 spiro atoms. The Morgan fingerprint density at radius 1 is 1.23 bits per heavy atom. The third-order valence-electron chi connectivity index (χ3n) is 4.13. The Morgan fingerprint density at radius 3 is 2.57 bits per heavy atom. The van der Waals surface area contributed by atoms with Crippen LogP contribution in [0.3, 0.4) is 0 Å². The van der Waals surface area contributed by atoms with E-state index in [0.717, 1.165) is 0 Å². The zero-order valence-electron chi connectivity index (χ0n) is 16.4. The predicted octanol–water partition coefficient (Wildman–Crippen LogP) is 5.41. The van der Waals surface area contributed by atoms with Crippen LogP contribution in [0.5, 0.6) is 5.75 Å². The Bertz CT molecular complexity index is 1050. The van der Waals surface area contributed by atoms with Crippen LogP contribution in [0.25, 0.3) is 6.08 Å². The number of ether oxygens (including phenoxy) is 2.